The van der Waals surface area contributed by atoms with Crippen LogP contribution in [0.25, 0.3) is 21.3 Å². The number of nitrogens with zero attached hydrogens (tertiary/aromatic N) is 1. The molecule has 1 aromatic heterocycles. The first-order valence-electron chi connectivity index (χ1n) is 9.28. The van der Waals surface area contributed by atoms with Gasteiger partial charge in [0, 0.05) is 0 Å². The molecule has 0 fully saturated rings. The first-order chi connectivity index (χ1) is 14.8. The summed E-state index contributed by atoms with van der Waals surface area (Å²) in [6.45, 7) is 0.128. The van der Waals surface area contributed by atoms with Crippen LogP contribution in [0.3, 0.4) is 0 Å². The van der Waals surface area contributed by atoms with Gasteiger partial charge >= 0.3 is 12.1 Å². The van der Waals surface area contributed by atoms with Crippen molar-refractivity contribution in [3.63, 3.8) is 0 Å². The summed E-state index contributed by atoms with van der Waals surface area (Å²) in [5.74, 6) is -0.316. The number of ether oxygens (including phenoxy) is 1. The maximum absolute atomic E-state index is 12.9. The van der Waals surface area contributed by atoms with Crippen LogP contribution < -0.4 is 4.74 Å². The number of aliphatic carboxylic acids is 1. The van der Waals surface area contributed by atoms with Gasteiger partial charge in [-0.2, -0.15) is 13.2 Å². The molecule has 1 heterocycles. The van der Waals surface area contributed by atoms with E-state index in [4.69, 9.17) is 9.84 Å². The molecule has 31 heavy (non-hydrogen) atoms. The Bertz CT molecular complexity index is 1250. The lowest BCUT2D eigenvalue weighted by atomic mass is 10.0. The summed E-state index contributed by atoms with van der Waals surface area (Å²) in [6.07, 6.45) is -4.45. The number of halogens is 3. The zero-order valence-corrected chi connectivity index (χ0v) is 16.8. The lowest BCUT2D eigenvalue weighted by molar-refractivity contribution is -0.138. The van der Waals surface area contributed by atoms with Crippen molar-refractivity contribution in [3.05, 3.63) is 82.9 Å². The van der Waals surface area contributed by atoms with Crippen LogP contribution in [0.4, 0.5) is 13.2 Å². The third-order valence-electron chi connectivity index (χ3n) is 4.57. The highest BCUT2D eigenvalue weighted by atomic mass is 32.1. The molecule has 0 aliphatic rings. The quantitative estimate of drug-likeness (QED) is 0.386. The number of alkyl halides is 3. The molecule has 0 saturated heterocycles. The van der Waals surface area contributed by atoms with Gasteiger partial charge in [-0.3, -0.25) is 4.79 Å². The van der Waals surface area contributed by atoms with Crippen LogP contribution in [0.15, 0.2) is 66.7 Å². The normalized spacial score (nSPS) is 11.6. The first-order valence-corrected chi connectivity index (χ1v) is 10.1. The molecule has 0 bridgehead atoms. The Labute approximate surface area is 179 Å². The molecular formula is C23H16F3NO3S. The molecule has 0 saturated carbocycles. The maximum atomic E-state index is 12.9. The molecule has 4 nitrogen and oxygen atoms in total. The lowest BCUT2D eigenvalue weighted by Crippen LogP contribution is -2.03. The monoisotopic (exact) mass is 443 g/mol. The van der Waals surface area contributed by atoms with E-state index in [0.29, 0.717) is 26.5 Å². The van der Waals surface area contributed by atoms with Gasteiger partial charge in [-0.15, -0.1) is 11.3 Å². The highest BCUT2D eigenvalue weighted by Gasteiger charge is 2.30. The second-order valence-electron chi connectivity index (χ2n) is 6.88. The van der Waals surface area contributed by atoms with Crippen LogP contribution in [0.1, 0.15) is 16.1 Å². The highest BCUT2D eigenvalue weighted by Crippen LogP contribution is 2.33. The second kappa shape index (κ2) is 8.39. The molecule has 0 unspecified atom stereocenters. The van der Waals surface area contributed by atoms with Crippen molar-refractivity contribution < 1.29 is 27.8 Å². The molecule has 158 valence electrons. The number of thiazole rings is 1. The van der Waals surface area contributed by atoms with E-state index < -0.39 is 17.7 Å². The van der Waals surface area contributed by atoms with E-state index in [1.165, 1.54) is 6.07 Å². The molecule has 0 aliphatic heterocycles. The van der Waals surface area contributed by atoms with E-state index in [2.05, 4.69) is 4.98 Å². The molecule has 0 aliphatic carbocycles. The Morgan fingerprint density at radius 1 is 1.00 bits per heavy atom. The number of hydrogen-bond donors (Lipinski definition) is 1. The predicted molar refractivity (Wildman–Crippen MR) is 112 cm³/mol. The standard InChI is InChI=1S/C23H16F3NO3S/c24-23(25,26)17-7-8-19-20(12-17)31-21(27-19)13-30-18-6-2-5-16(11-18)15-4-1-3-14(9-15)10-22(28)29/h1-9,11-12H,10,13H2,(H,28,29). The number of carbonyl (C=O) groups is 1. The summed E-state index contributed by atoms with van der Waals surface area (Å²) in [5, 5.41) is 9.55. The van der Waals surface area contributed by atoms with Crippen molar-refractivity contribution >= 4 is 27.5 Å². The fourth-order valence-electron chi connectivity index (χ4n) is 3.16. The molecule has 4 rings (SSSR count). The largest absolute Gasteiger partial charge is 0.486 e. The molecule has 0 amide bonds. The van der Waals surface area contributed by atoms with Gasteiger partial charge in [0.25, 0.3) is 0 Å². The number of carboxylic acids is 1. The van der Waals surface area contributed by atoms with Gasteiger partial charge in [0.15, 0.2) is 0 Å². The number of aromatic nitrogens is 1. The van der Waals surface area contributed by atoms with Gasteiger partial charge in [0.05, 0.1) is 22.2 Å². The first kappa shape index (κ1) is 20.9. The van der Waals surface area contributed by atoms with Crippen molar-refractivity contribution in [2.75, 3.05) is 0 Å². The molecule has 4 aromatic rings. The Morgan fingerprint density at radius 2 is 1.74 bits per heavy atom. The van der Waals surface area contributed by atoms with Crippen molar-refractivity contribution in [1.82, 2.24) is 4.98 Å². The third-order valence-corrected chi connectivity index (χ3v) is 5.56. The smallest absolute Gasteiger partial charge is 0.416 e. The van der Waals surface area contributed by atoms with Crippen molar-refractivity contribution in [3.8, 4) is 16.9 Å². The third kappa shape index (κ3) is 5.03. The van der Waals surface area contributed by atoms with Crippen LogP contribution in [0, 0.1) is 0 Å². The van der Waals surface area contributed by atoms with Gasteiger partial charge in [0.2, 0.25) is 0 Å². The summed E-state index contributed by atoms with van der Waals surface area (Å²) < 4.78 is 44.9. The maximum Gasteiger partial charge on any atom is 0.416 e. The fraction of sp³-hybridized carbons (Fsp3) is 0.130. The number of fused-ring (bicyclic) bond motifs is 1. The van der Waals surface area contributed by atoms with Crippen LogP contribution in [0.5, 0.6) is 5.75 Å². The van der Waals surface area contributed by atoms with Gasteiger partial charge < -0.3 is 9.84 Å². The van der Waals surface area contributed by atoms with Crippen LogP contribution >= 0.6 is 11.3 Å². The van der Waals surface area contributed by atoms with Crippen LogP contribution in [-0.2, 0) is 24.0 Å². The van der Waals surface area contributed by atoms with Crippen LogP contribution in [0.2, 0.25) is 0 Å². The number of benzene rings is 3. The van der Waals surface area contributed by atoms with Crippen LogP contribution in [-0.4, -0.2) is 16.1 Å². The minimum atomic E-state index is -4.39. The minimum absolute atomic E-state index is 0.0578. The van der Waals surface area contributed by atoms with Crippen molar-refractivity contribution in [2.45, 2.75) is 19.2 Å². The molecule has 3 aromatic carbocycles. The van der Waals surface area contributed by atoms with E-state index in [9.17, 15) is 18.0 Å². The van der Waals surface area contributed by atoms with E-state index in [1.54, 1.807) is 18.2 Å². The van der Waals surface area contributed by atoms with Gasteiger partial charge in [-0.05, 0) is 47.0 Å². The molecule has 0 spiro atoms. The highest BCUT2D eigenvalue weighted by molar-refractivity contribution is 7.18. The number of rotatable bonds is 6. The summed E-state index contributed by atoms with van der Waals surface area (Å²) in [6, 6.07) is 18.1. The van der Waals surface area contributed by atoms with E-state index >= 15 is 0 Å². The van der Waals surface area contributed by atoms with E-state index in [0.717, 1.165) is 34.6 Å². The van der Waals surface area contributed by atoms with Crippen molar-refractivity contribution in [1.29, 1.82) is 0 Å². The summed E-state index contributed by atoms with van der Waals surface area (Å²) >= 11 is 1.16. The summed E-state index contributed by atoms with van der Waals surface area (Å²) in [5.41, 5.74) is 2.23. The fourth-order valence-corrected chi connectivity index (χ4v) is 4.08. The SMILES string of the molecule is O=C(O)Cc1cccc(-c2cccc(OCc3nc4ccc(C(F)(F)F)cc4s3)c2)c1. The van der Waals surface area contributed by atoms with E-state index in [1.807, 2.05) is 30.3 Å². The Kier molecular flexibility index (Phi) is 5.65. The average molecular weight is 443 g/mol. The van der Waals surface area contributed by atoms with Gasteiger partial charge in [-0.1, -0.05) is 36.4 Å². The zero-order chi connectivity index (χ0) is 22.0. The molecule has 0 radical (unpaired) electrons. The summed E-state index contributed by atoms with van der Waals surface area (Å²) in [4.78, 5) is 15.3. The Hall–Kier alpha value is -3.39. The number of hydrogen-bond acceptors (Lipinski definition) is 4. The average Bonchev–Trinajstić information content (AvgIpc) is 3.14. The molecule has 0 atom stereocenters. The topological polar surface area (TPSA) is 59.4 Å². The predicted octanol–water partition coefficient (Wildman–Crippen LogP) is 6.19. The molecule has 8 heteroatoms. The second-order valence-corrected chi connectivity index (χ2v) is 7.99. The summed E-state index contributed by atoms with van der Waals surface area (Å²) in [7, 11) is 0. The van der Waals surface area contributed by atoms with Gasteiger partial charge in [-0.25, -0.2) is 4.98 Å². The zero-order valence-electron chi connectivity index (χ0n) is 16.0. The Balaban J connectivity index is 1.50. The lowest BCUT2D eigenvalue weighted by Gasteiger charge is -2.08. The van der Waals surface area contributed by atoms with E-state index in [-0.39, 0.29) is 13.0 Å². The molecule has 1 N–H and O–H groups in total. The number of carboxylic acid groups (broad SMARTS) is 1. The minimum Gasteiger partial charge on any atom is -0.486 e. The van der Waals surface area contributed by atoms with Gasteiger partial charge in [0.1, 0.15) is 17.4 Å². The van der Waals surface area contributed by atoms with Crippen molar-refractivity contribution in [2.24, 2.45) is 0 Å². The molecular weight excluding hydrogens is 427 g/mol. The Morgan fingerprint density at radius 3 is 2.48 bits per heavy atom.